The lowest BCUT2D eigenvalue weighted by molar-refractivity contribution is 0.433. The Morgan fingerprint density at radius 1 is 1.29 bits per heavy atom. The lowest BCUT2D eigenvalue weighted by atomic mass is 9.76. The van der Waals surface area contributed by atoms with Crippen molar-refractivity contribution in [1.82, 2.24) is 0 Å². The number of rotatable bonds is 1. The van der Waals surface area contributed by atoms with Crippen LogP contribution in [-0.4, -0.2) is 0 Å². The smallest absolute Gasteiger partial charge is 0.0136 e. The maximum Gasteiger partial charge on any atom is -0.0136 e. The van der Waals surface area contributed by atoms with E-state index in [9.17, 15) is 0 Å². The van der Waals surface area contributed by atoms with E-state index in [4.69, 9.17) is 0 Å². The van der Waals surface area contributed by atoms with E-state index in [-0.39, 0.29) is 0 Å². The quantitative estimate of drug-likeness (QED) is 0.623. The van der Waals surface area contributed by atoms with E-state index >= 15 is 0 Å². The number of hydrogen-bond acceptors (Lipinski definition) is 0. The van der Waals surface area contributed by atoms with Crippen LogP contribution in [0, 0.1) is 12.8 Å². The molecule has 1 aliphatic rings. The van der Waals surface area contributed by atoms with Gasteiger partial charge in [-0.1, -0.05) is 37.6 Å². The Morgan fingerprint density at radius 3 is 2.79 bits per heavy atom. The molecule has 0 aromatic heterocycles. The molecule has 2 rings (SSSR count). The van der Waals surface area contributed by atoms with Crippen LogP contribution in [0.2, 0.25) is 0 Å². The predicted molar refractivity (Wildman–Crippen MR) is 61.7 cm³/mol. The van der Waals surface area contributed by atoms with Crippen molar-refractivity contribution in [3.05, 3.63) is 34.9 Å². The summed E-state index contributed by atoms with van der Waals surface area (Å²) in [5.41, 5.74) is 4.64. The highest BCUT2D eigenvalue weighted by Crippen LogP contribution is 2.36. The van der Waals surface area contributed by atoms with Gasteiger partial charge in [0.25, 0.3) is 0 Å². The van der Waals surface area contributed by atoms with Gasteiger partial charge >= 0.3 is 0 Å². The van der Waals surface area contributed by atoms with Gasteiger partial charge in [0, 0.05) is 0 Å². The molecular formula is C14H20. The number of hydrogen-bond donors (Lipinski definition) is 0. The monoisotopic (exact) mass is 188 g/mol. The first kappa shape index (κ1) is 9.76. The van der Waals surface area contributed by atoms with E-state index in [1.807, 2.05) is 0 Å². The zero-order valence-electron chi connectivity index (χ0n) is 9.51. The second kappa shape index (κ2) is 3.76. The Hall–Kier alpha value is -0.780. The van der Waals surface area contributed by atoms with Crippen LogP contribution in [0.1, 0.15) is 49.3 Å². The normalized spacial score (nSPS) is 21.0. The van der Waals surface area contributed by atoms with E-state index in [0.717, 1.165) is 11.8 Å². The summed E-state index contributed by atoms with van der Waals surface area (Å²) in [6, 6.07) is 6.99. The van der Waals surface area contributed by atoms with Gasteiger partial charge in [-0.2, -0.15) is 0 Å². The molecule has 1 aromatic carbocycles. The third-order valence-corrected chi connectivity index (χ3v) is 3.47. The molecule has 76 valence electrons. The number of fused-ring (bicyclic) bond motifs is 1. The molecule has 0 fully saturated rings. The molecule has 1 aliphatic carbocycles. The predicted octanol–water partition coefficient (Wildman–Crippen LogP) is 4.07. The summed E-state index contributed by atoms with van der Waals surface area (Å²) in [4.78, 5) is 0. The standard InChI is InChI=1S/C14H20/c1-10(2)13-6-4-5-12-8-7-11(3)9-14(12)13/h7-10,13H,4-6H2,1-3H3. The van der Waals surface area contributed by atoms with E-state index < -0.39 is 0 Å². The fourth-order valence-corrected chi connectivity index (χ4v) is 2.65. The molecule has 0 spiro atoms. The van der Waals surface area contributed by atoms with Crippen LogP contribution in [-0.2, 0) is 6.42 Å². The van der Waals surface area contributed by atoms with Crippen molar-refractivity contribution in [3.8, 4) is 0 Å². The fourth-order valence-electron chi connectivity index (χ4n) is 2.65. The van der Waals surface area contributed by atoms with Crippen LogP contribution >= 0.6 is 0 Å². The van der Waals surface area contributed by atoms with Crippen molar-refractivity contribution in [2.75, 3.05) is 0 Å². The van der Waals surface area contributed by atoms with Gasteiger partial charge in [-0.15, -0.1) is 0 Å². The molecular weight excluding hydrogens is 168 g/mol. The van der Waals surface area contributed by atoms with E-state index in [1.54, 1.807) is 11.1 Å². The van der Waals surface area contributed by atoms with Gasteiger partial charge in [0.05, 0.1) is 0 Å². The average Bonchev–Trinajstić information content (AvgIpc) is 2.16. The molecule has 0 heterocycles. The van der Waals surface area contributed by atoms with Gasteiger partial charge in [0.1, 0.15) is 0 Å². The molecule has 1 unspecified atom stereocenters. The molecule has 14 heavy (non-hydrogen) atoms. The summed E-state index contributed by atoms with van der Waals surface area (Å²) in [5, 5.41) is 0. The van der Waals surface area contributed by atoms with E-state index in [1.165, 1.54) is 24.8 Å². The van der Waals surface area contributed by atoms with E-state index in [2.05, 4.69) is 39.0 Å². The summed E-state index contributed by atoms with van der Waals surface area (Å²) in [6.07, 6.45) is 4.05. The average molecular weight is 188 g/mol. The fraction of sp³-hybridized carbons (Fsp3) is 0.571. The topological polar surface area (TPSA) is 0 Å². The summed E-state index contributed by atoms with van der Waals surface area (Å²) < 4.78 is 0. The lowest BCUT2D eigenvalue weighted by Crippen LogP contribution is -2.14. The molecule has 0 radical (unpaired) electrons. The molecule has 0 saturated carbocycles. The van der Waals surface area contributed by atoms with Crippen LogP contribution in [0.15, 0.2) is 18.2 Å². The van der Waals surface area contributed by atoms with Crippen molar-refractivity contribution in [2.24, 2.45) is 5.92 Å². The summed E-state index contributed by atoms with van der Waals surface area (Å²) in [7, 11) is 0. The lowest BCUT2D eigenvalue weighted by Gasteiger charge is -2.28. The zero-order valence-corrected chi connectivity index (χ0v) is 9.51. The molecule has 0 heteroatoms. The Morgan fingerprint density at radius 2 is 2.07 bits per heavy atom. The maximum atomic E-state index is 2.40. The van der Waals surface area contributed by atoms with Crippen LogP contribution < -0.4 is 0 Å². The highest BCUT2D eigenvalue weighted by atomic mass is 14.3. The van der Waals surface area contributed by atoms with Gasteiger partial charge in [0.15, 0.2) is 0 Å². The minimum absolute atomic E-state index is 0.788. The van der Waals surface area contributed by atoms with Gasteiger partial charge < -0.3 is 0 Å². The summed E-state index contributed by atoms with van der Waals surface area (Å²) >= 11 is 0. The van der Waals surface area contributed by atoms with E-state index in [0.29, 0.717) is 0 Å². The Bertz CT molecular complexity index is 323. The van der Waals surface area contributed by atoms with Gasteiger partial charge in [0.2, 0.25) is 0 Å². The van der Waals surface area contributed by atoms with Gasteiger partial charge in [-0.3, -0.25) is 0 Å². The minimum Gasteiger partial charge on any atom is -0.0622 e. The largest absolute Gasteiger partial charge is 0.0622 e. The molecule has 0 aliphatic heterocycles. The van der Waals surface area contributed by atoms with Crippen LogP contribution in [0.4, 0.5) is 0 Å². The Balaban J connectivity index is 2.41. The van der Waals surface area contributed by atoms with Crippen molar-refractivity contribution in [1.29, 1.82) is 0 Å². The first-order valence-corrected chi connectivity index (χ1v) is 5.78. The zero-order chi connectivity index (χ0) is 10.1. The highest BCUT2D eigenvalue weighted by molar-refractivity contribution is 5.36. The highest BCUT2D eigenvalue weighted by Gasteiger charge is 2.22. The second-order valence-electron chi connectivity index (χ2n) is 4.95. The second-order valence-corrected chi connectivity index (χ2v) is 4.95. The molecule has 1 atom stereocenters. The molecule has 0 N–H and O–H groups in total. The first-order valence-electron chi connectivity index (χ1n) is 5.78. The van der Waals surface area contributed by atoms with Crippen LogP contribution in [0.3, 0.4) is 0 Å². The van der Waals surface area contributed by atoms with Gasteiger partial charge in [-0.25, -0.2) is 0 Å². The third-order valence-electron chi connectivity index (χ3n) is 3.47. The van der Waals surface area contributed by atoms with Gasteiger partial charge in [-0.05, 0) is 49.1 Å². The van der Waals surface area contributed by atoms with Crippen LogP contribution in [0.5, 0.6) is 0 Å². The summed E-state index contributed by atoms with van der Waals surface area (Å²) in [5.74, 6) is 1.59. The molecule has 0 saturated heterocycles. The van der Waals surface area contributed by atoms with Crippen molar-refractivity contribution in [3.63, 3.8) is 0 Å². The third kappa shape index (κ3) is 1.70. The number of benzene rings is 1. The molecule has 0 nitrogen and oxygen atoms in total. The first-order chi connectivity index (χ1) is 6.68. The molecule has 0 bridgehead atoms. The SMILES string of the molecule is Cc1ccc2c(c1)C(C(C)C)CCC2. The molecule has 0 amide bonds. The minimum atomic E-state index is 0.788. The maximum absolute atomic E-state index is 2.40. The Labute approximate surface area is 87.3 Å². The van der Waals surface area contributed by atoms with Crippen molar-refractivity contribution >= 4 is 0 Å². The summed E-state index contributed by atoms with van der Waals surface area (Å²) in [6.45, 7) is 6.90. The van der Waals surface area contributed by atoms with Crippen molar-refractivity contribution in [2.45, 2.75) is 46.0 Å². The van der Waals surface area contributed by atoms with Crippen LogP contribution in [0.25, 0.3) is 0 Å². The van der Waals surface area contributed by atoms with Crippen molar-refractivity contribution < 1.29 is 0 Å². The number of aryl methyl sites for hydroxylation is 2. The Kier molecular flexibility index (Phi) is 2.62. The molecule has 1 aromatic rings.